The number of aromatic nitrogens is 1. The minimum Gasteiger partial charge on any atom is -0.374 e. The summed E-state index contributed by atoms with van der Waals surface area (Å²) < 4.78 is 7.68. The summed E-state index contributed by atoms with van der Waals surface area (Å²) >= 11 is 12.2. The quantitative estimate of drug-likeness (QED) is 0.875. The molecule has 2 atom stereocenters. The first kappa shape index (κ1) is 19.3. The molecule has 3 rings (SSSR count). The van der Waals surface area contributed by atoms with Gasteiger partial charge in [0.15, 0.2) is 0 Å². The van der Waals surface area contributed by atoms with Crippen LogP contribution in [0.15, 0.2) is 47.4 Å². The zero-order valence-corrected chi connectivity index (χ0v) is 15.3. The van der Waals surface area contributed by atoms with Gasteiger partial charge in [-0.05, 0) is 23.8 Å². The molecule has 2 heterocycles. The predicted octanol–water partition coefficient (Wildman–Crippen LogP) is 3.35. The van der Waals surface area contributed by atoms with Crippen molar-refractivity contribution in [3.05, 3.63) is 68.6 Å². The first-order valence-corrected chi connectivity index (χ1v) is 8.33. The third kappa shape index (κ3) is 4.52. The van der Waals surface area contributed by atoms with Crippen molar-refractivity contribution in [3.8, 4) is 0 Å². The third-order valence-electron chi connectivity index (χ3n) is 4.07. The van der Waals surface area contributed by atoms with Gasteiger partial charge < -0.3 is 14.6 Å². The van der Waals surface area contributed by atoms with Crippen LogP contribution in [0.4, 0.5) is 0 Å². The van der Waals surface area contributed by atoms with Gasteiger partial charge in [-0.3, -0.25) is 4.79 Å². The highest BCUT2D eigenvalue weighted by molar-refractivity contribution is 6.42. The van der Waals surface area contributed by atoms with Crippen LogP contribution in [-0.4, -0.2) is 30.4 Å². The number of rotatable bonds is 3. The summed E-state index contributed by atoms with van der Waals surface area (Å²) in [6, 6.07) is 10.8. The Morgan fingerprint density at radius 3 is 2.79 bits per heavy atom. The van der Waals surface area contributed by atoms with Crippen LogP contribution in [0.3, 0.4) is 0 Å². The Bertz CT molecular complexity index is 736. The Labute approximate surface area is 157 Å². The van der Waals surface area contributed by atoms with E-state index < -0.39 is 0 Å². The fourth-order valence-electron chi connectivity index (χ4n) is 2.85. The van der Waals surface area contributed by atoms with Crippen LogP contribution in [0, 0.1) is 0 Å². The highest BCUT2D eigenvalue weighted by atomic mass is 35.5. The molecule has 1 aromatic carbocycles. The summed E-state index contributed by atoms with van der Waals surface area (Å²) in [4.78, 5) is 12.0. The molecular weight excluding hydrogens is 371 g/mol. The molecule has 2 aromatic rings. The summed E-state index contributed by atoms with van der Waals surface area (Å²) in [6.07, 6.45) is 1.68. The zero-order chi connectivity index (χ0) is 16.2. The van der Waals surface area contributed by atoms with Gasteiger partial charge in [0.05, 0.1) is 29.3 Å². The Balaban J connectivity index is 0.00000208. The number of hydrogen-bond acceptors (Lipinski definition) is 3. The predicted molar refractivity (Wildman–Crippen MR) is 99.8 cm³/mol. The number of benzene rings is 1. The number of halogens is 3. The molecule has 0 amide bonds. The molecule has 1 aliphatic heterocycles. The zero-order valence-electron chi connectivity index (χ0n) is 13.0. The monoisotopic (exact) mass is 388 g/mol. The van der Waals surface area contributed by atoms with Crippen molar-refractivity contribution in [2.45, 2.75) is 18.6 Å². The number of ether oxygens (including phenoxy) is 1. The van der Waals surface area contributed by atoms with Crippen molar-refractivity contribution in [3.63, 3.8) is 0 Å². The fourth-order valence-corrected chi connectivity index (χ4v) is 3.15. The maximum atomic E-state index is 12.0. The van der Waals surface area contributed by atoms with E-state index in [1.807, 2.05) is 18.2 Å². The topological polar surface area (TPSA) is 43.3 Å². The average Bonchev–Trinajstić information content (AvgIpc) is 2.78. The normalized spacial score (nSPS) is 20.9. The molecule has 1 fully saturated rings. The molecule has 0 saturated carbocycles. The molecule has 0 bridgehead atoms. The Kier molecular flexibility index (Phi) is 7.14. The van der Waals surface area contributed by atoms with Gasteiger partial charge in [-0.25, -0.2) is 0 Å². The van der Waals surface area contributed by atoms with E-state index >= 15 is 0 Å². The van der Waals surface area contributed by atoms with E-state index in [9.17, 15) is 4.79 Å². The van der Waals surface area contributed by atoms with Gasteiger partial charge in [-0.2, -0.15) is 0 Å². The number of pyridine rings is 1. The van der Waals surface area contributed by atoms with Gasteiger partial charge in [0.2, 0.25) is 0 Å². The van der Waals surface area contributed by atoms with E-state index in [1.54, 1.807) is 29.0 Å². The van der Waals surface area contributed by atoms with E-state index in [4.69, 9.17) is 27.9 Å². The van der Waals surface area contributed by atoms with Crippen LogP contribution in [0.1, 0.15) is 11.5 Å². The van der Waals surface area contributed by atoms with Crippen molar-refractivity contribution in [1.82, 2.24) is 9.88 Å². The lowest BCUT2D eigenvalue weighted by Gasteiger charge is -2.26. The van der Waals surface area contributed by atoms with Gasteiger partial charge in [-0.15, -0.1) is 12.4 Å². The Morgan fingerprint density at radius 1 is 1.21 bits per heavy atom. The first-order chi connectivity index (χ1) is 11.1. The first-order valence-electron chi connectivity index (χ1n) is 7.58. The Morgan fingerprint density at radius 2 is 2.04 bits per heavy atom. The van der Waals surface area contributed by atoms with Crippen LogP contribution >= 0.6 is 35.6 Å². The van der Waals surface area contributed by atoms with Crippen LogP contribution in [0.25, 0.3) is 0 Å². The highest BCUT2D eigenvalue weighted by Gasteiger charge is 2.27. The molecule has 24 heavy (non-hydrogen) atoms. The summed E-state index contributed by atoms with van der Waals surface area (Å²) in [5.41, 5.74) is 1.03. The molecule has 0 unspecified atom stereocenters. The van der Waals surface area contributed by atoms with Crippen LogP contribution in [0.2, 0.25) is 10.0 Å². The van der Waals surface area contributed by atoms with Crippen LogP contribution < -0.4 is 10.9 Å². The van der Waals surface area contributed by atoms with E-state index in [-0.39, 0.29) is 30.0 Å². The SMILES string of the molecule is Cl.O=c1ccccn1C[C@@H]1OCCNC[C@H]1c1ccc(Cl)c(Cl)c1. The van der Waals surface area contributed by atoms with E-state index in [0.29, 0.717) is 23.2 Å². The van der Waals surface area contributed by atoms with Crippen molar-refractivity contribution >= 4 is 35.6 Å². The molecule has 1 saturated heterocycles. The molecule has 7 heteroatoms. The second-order valence-electron chi connectivity index (χ2n) is 5.58. The second-order valence-corrected chi connectivity index (χ2v) is 6.40. The summed E-state index contributed by atoms with van der Waals surface area (Å²) in [6.45, 7) is 2.68. The minimum atomic E-state index is -0.109. The fraction of sp³-hybridized carbons (Fsp3) is 0.353. The molecular formula is C17H19Cl3N2O2. The average molecular weight is 390 g/mol. The smallest absolute Gasteiger partial charge is 0.250 e. The Hall–Kier alpha value is -1.04. The molecule has 4 nitrogen and oxygen atoms in total. The minimum absolute atomic E-state index is 0. The molecule has 1 aliphatic rings. The van der Waals surface area contributed by atoms with Gasteiger partial charge in [-0.1, -0.05) is 35.3 Å². The van der Waals surface area contributed by atoms with E-state index in [1.165, 1.54) is 0 Å². The number of nitrogens with one attached hydrogen (secondary N) is 1. The van der Waals surface area contributed by atoms with Crippen molar-refractivity contribution in [2.75, 3.05) is 19.7 Å². The van der Waals surface area contributed by atoms with Crippen molar-refractivity contribution in [2.24, 2.45) is 0 Å². The number of hydrogen-bond donors (Lipinski definition) is 1. The highest BCUT2D eigenvalue weighted by Crippen LogP contribution is 2.30. The molecule has 0 aliphatic carbocycles. The summed E-state index contributed by atoms with van der Waals surface area (Å²) in [5.74, 6) is 0.0966. The van der Waals surface area contributed by atoms with Crippen LogP contribution in [-0.2, 0) is 11.3 Å². The molecule has 130 valence electrons. The summed E-state index contributed by atoms with van der Waals surface area (Å²) in [7, 11) is 0. The van der Waals surface area contributed by atoms with Crippen molar-refractivity contribution in [1.29, 1.82) is 0 Å². The van der Waals surface area contributed by atoms with E-state index in [2.05, 4.69) is 5.32 Å². The van der Waals surface area contributed by atoms with Crippen LogP contribution in [0.5, 0.6) is 0 Å². The largest absolute Gasteiger partial charge is 0.374 e. The van der Waals surface area contributed by atoms with Crippen molar-refractivity contribution < 1.29 is 4.74 Å². The lowest BCUT2D eigenvalue weighted by atomic mass is 9.93. The number of nitrogens with zero attached hydrogens (tertiary/aromatic N) is 1. The third-order valence-corrected chi connectivity index (χ3v) is 4.81. The lowest BCUT2D eigenvalue weighted by molar-refractivity contribution is 0.0392. The maximum Gasteiger partial charge on any atom is 0.250 e. The van der Waals surface area contributed by atoms with Gasteiger partial charge in [0.25, 0.3) is 5.56 Å². The maximum absolute atomic E-state index is 12.0. The molecule has 0 spiro atoms. The molecule has 0 radical (unpaired) electrons. The van der Waals surface area contributed by atoms with Gasteiger partial charge in [0.1, 0.15) is 0 Å². The van der Waals surface area contributed by atoms with E-state index in [0.717, 1.165) is 18.7 Å². The summed E-state index contributed by atoms with van der Waals surface area (Å²) in [5, 5.41) is 4.44. The second kappa shape index (κ2) is 8.88. The lowest BCUT2D eigenvalue weighted by Crippen LogP contribution is -2.33. The molecule has 1 aromatic heterocycles. The molecule has 1 N–H and O–H groups in total. The standard InChI is InChI=1S/C17H18Cl2N2O2.ClH/c18-14-5-4-12(9-15(14)19)13-10-20-6-8-23-16(13)11-21-7-2-1-3-17(21)22;/h1-5,7,9,13,16,20H,6,8,10-11H2;1H/t13-,16-;/m0./s1. The van der Waals surface area contributed by atoms with Gasteiger partial charge in [0, 0.05) is 31.3 Å². The van der Waals surface area contributed by atoms with Gasteiger partial charge >= 0.3 is 0 Å².